The van der Waals surface area contributed by atoms with E-state index in [1.54, 1.807) is 7.05 Å². The molecule has 1 aliphatic rings. The van der Waals surface area contributed by atoms with Gasteiger partial charge in [-0.2, -0.15) is 0 Å². The monoisotopic (exact) mass is 255 g/mol. The van der Waals surface area contributed by atoms with Gasteiger partial charge < -0.3 is 4.74 Å². The molecule has 90 valence electrons. The van der Waals surface area contributed by atoms with Gasteiger partial charge in [-0.15, -0.1) is 11.6 Å². The summed E-state index contributed by atoms with van der Waals surface area (Å²) in [7, 11) is -1.53. The smallest absolute Gasteiger partial charge is 0.215 e. The van der Waals surface area contributed by atoms with Crippen molar-refractivity contribution in [2.24, 2.45) is 5.92 Å². The van der Waals surface area contributed by atoms with Crippen molar-refractivity contribution in [2.45, 2.75) is 12.8 Å². The van der Waals surface area contributed by atoms with Crippen molar-refractivity contribution in [3.8, 4) is 0 Å². The van der Waals surface area contributed by atoms with Crippen molar-refractivity contribution in [2.75, 3.05) is 38.4 Å². The number of sulfonamides is 1. The fourth-order valence-electron chi connectivity index (χ4n) is 1.66. The average molecular weight is 256 g/mol. The van der Waals surface area contributed by atoms with Crippen LogP contribution in [0.15, 0.2) is 0 Å². The first-order valence-electron chi connectivity index (χ1n) is 5.14. The Labute approximate surface area is 96.6 Å². The second kappa shape index (κ2) is 6.03. The molecule has 1 heterocycles. The quantitative estimate of drug-likeness (QED) is 0.687. The number of nitrogens with zero attached hydrogens (tertiary/aromatic N) is 1. The van der Waals surface area contributed by atoms with Crippen LogP contribution < -0.4 is 0 Å². The summed E-state index contributed by atoms with van der Waals surface area (Å²) in [5.74, 6) is 0.600. The Hall–Kier alpha value is 0.160. The number of rotatable bonds is 5. The average Bonchev–Trinajstić information content (AvgIpc) is 2.19. The lowest BCUT2D eigenvalue weighted by atomic mass is 10.0. The molecule has 0 saturated carbocycles. The molecule has 4 nitrogen and oxygen atoms in total. The maximum absolute atomic E-state index is 11.6. The van der Waals surface area contributed by atoms with Gasteiger partial charge in [0.05, 0.1) is 5.75 Å². The summed E-state index contributed by atoms with van der Waals surface area (Å²) >= 11 is 5.45. The maximum atomic E-state index is 11.6. The highest BCUT2D eigenvalue weighted by Crippen LogP contribution is 2.16. The Morgan fingerprint density at radius 2 is 2.00 bits per heavy atom. The molecule has 0 radical (unpaired) electrons. The molecule has 0 aromatic heterocycles. The molecular weight excluding hydrogens is 238 g/mol. The Bertz CT molecular complexity index is 275. The van der Waals surface area contributed by atoms with E-state index in [1.807, 2.05) is 0 Å². The van der Waals surface area contributed by atoms with Crippen molar-refractivity contribution < 1.29 is 13.2 Å². The van der Waals surface area contributed by atoms with E-state index in [9.17, 15) is 8.42 Å². The lowest BCUT2D eigenvalue weighted by Gasteiger charge is -2.26. The van der Waals surface area contributed by atoms with Gasteiger partial charge in [-0.05, 0) is 18.8 Å². The normalized spacial score (nSPS) is 19.7. The van der Waals surface area contributed by atoms with Crippen molar-refractivity contribution in [1.82, 2.24) is 4.31 Å². The molecule has 0 aromatic carbocycles. The highest BCUT2D eigenvalue weighted by atomic mass is 35.5. The summed E-state index contributed by atoms with van der Waals surface area (Å²) in [5, 5.41) is 0. The van der Waals surface area contributed by atoms with Crippen LogP contribution in [-0.2, 0) is 14.8 Å². The van der Waals surface area contributed by atoms with Crippen LogP contribution in [0.25, 0.3) is 0 Å². The SMILES string of the molecule is CN(CC1CCOCC1)S(=O)(=O)CCCl. The van der Waals surface area contributed by atoms with Gasteiger partial charge >= 0.3 is 0 Å². The number of ether oxygens (including phenoxy) is 1. The molecule has 0 aromatic rings. The largest absolute Gasteiger partial charge is 0.381 e. The van der Waals surface area contributed by atoms with Gasteiger partial charge in [0.1, 0.15) is 0 Å². The summed E-state index contributed by atoms with van der Waals surface area (Å²) < 4.78 is 29.9. The number of halogens is 1. The lowest BCUT2D eigenvalue weighted by molar-refractivity contribution is 0.0620. The van der Waals surface area contributed by atoms with Gasteiger partial charge in [-0.25, -0.2) is 12.7 Å². The van der Waals surface area contributed by atoms with Gasteiger partial charge in [-0.3, -0.25) is 0 Å². The van der Waals surface area contributed by atoms with Crippen LogP contribution in [-0.4, -0.2) is 51.2 Å². The fraction of sp³-hybridized carbons (Fsp3) is 1.00. The Balaban J connectivity index is 2.43. The van der Waals surface area contributed by atoms with E-state index in [0.717, 1.165) is 26.1 Å². The fourth-order valence-corrected chi connectivity index (χ4v) is 3.19. The first-order chi connectivity index (χ1) is 7.06. The molecule has 6 heteroatoms. The van der Waals surface area contributed by atoms with Crippen molar-refractivity contribution in [3.63, 3.8) is 0 Å². The van der Waals surface area contributed by atoms with E-state index >= 15 is 0 Å². The molecule has 1 saturated heterocycles. The lowest BCUT2D eigenvalue weighted by Crippen LogP contribution is -2.35. The van der Waals surface area contributed by atoms with Crippen LogP contribution in [0.2, 0.25) is 0 Å². The Morgan fingerprint density at radius 1 is 1.40 bits per heavy atom. The van der Waals surface area contributed by atoms with E-state index < -0.39 is 10.0 Å². The first kappa shape index (κ1) is 13.2. The van der Waals surface area contributed by atoms with E-state index in [-0.39, 0.29) is 11.6 Å². The molecule has 0 N–H and O–H groups in total. The highest BCUT2D eigenvalue weighted by molar-refractivity contribution is 7.89. The number of hydrogen-bond donors (Lipinski definition) is 0. The first-order valence-corrected chi connectivity index (χ1v) is 7.28. The molecule has 0 bridgehead atoms. The Morgan fingerprint density at radius 3 is 2.53 bits per heavy atom. The van der Waals surface area contributed by atoms with Crippen molar-refractivity contribution in [3.05, 3.63) is 0 Å². The van der Waals surface area contributed by atoms with Gasteiger partial charge in [0, 0.05) is 32.7 Å². The minimum atomic E-state index is -3.15. The standard InChI is InChI=1S/C9H18ClNO3S/c1-11(15(12,13)7-4-10)8-9-2-5-14-6-3-9/h9H,2-8H2,1H3. The van der Waals surface area contributed by atoms with Gasteiger partial charge in [-0.1, -0.05) is 0 Å². The summed E-state index contributed by atoms with van der Waals surface area (Å²) in [6.07, 6.45) is 1.89. The minimum absolute atomic E-state index is 0.0221. The number of alkyl halides is 1. The van der Waals surface area contributed by atoms with Crippen LogP contribution >= 0.6 is 11.6 Å². The minimum Gasteiger partial charge on any atom is -0.381 e. The molecule has 1 fully saturated rings. The van der Waals surface area contributed by atoms with Gasteiger partial charge in [0.25, 0.3) is 0 Å². The molecule has 0 aliphatic carbocycles. The second-order valence-electron chi connectivity index (χ2n) is 3.84. The third-order valence-corrected chi connectivity index (χ3v) is 4.90. The zero-order valence-corrected chi connectivity index (χ0v) is 10.6. The van der Waals surface area contributed by atoms with Crippen LogP contribution in [0.1, 0.15) is 12.8 Å². The Kier molecular flexibility index (Phi) is 5.32. The maximum Gasteiger partial charge on any atom is 0.215 e. The topological polar surface area (TPSA) is 46.6 Å². The predicted octanol–water partition coefficient (Wildman–Crippen LogP) is 0.913. The summed E-state index contributed by atoms with van der Waals surface area (Å²) in [5.41, 5.74) is 0. The second-order valence-corrected chi connectivity index (χ2v) is 6.41. The zero-order chi connectivity index (χ0) is 11.3. The summed E-state index contributed by atoms with van der Waals surface area (Å²) in [6, 6.07) is 0. The van der Waals surface area contributed by atoms with E-state index in [1.165, 1.54) is 4.31 Å². The van der Waals surface area contributed by atoms with Crippen LogP contribution in [0.3, 0.4) is 0 Å². The van der Waals surface area contributed by atoms with Crippen LogP contribution in [0, 0.1) is 5.92 Å². The number of hydrogen-bond acceptors (Lipinski definition) is 3. The van der Waals surface area contributed by atoms with Crippen LogP contribution in [0.5, 0.6) is 0 Å². The molecular formula is C9H18ClNO3S. The van der Waals surface area contributed by atoms with Crippen molar-refractivity contribution in [1.29, 1.82) is 0 Å². The van der Waals surface area contributed by atoms with Gasteiger partial charge in [0.2, 0.25) is 10.0 Å². The molecule has 0 unspecified atom stereocenters. The highest BCUT2D eigenvalue weighted by Gasteiger charge is 2.22. The molecule has 0 amide bonds. The molecule has 1 rings (SSSR count). The van der Waals surface area contributed by atoms with E-state index in [0.29, 0.717) is 12.5 Å². The zero-order valence-electron chi connectivity index (χ0n) is 8.99. The molecule has 0 atom stereocenters. The molecule has 15 heavy (non-hydrogen) atoms. The summed E-state index contributed by atoms with van der Waals surface area (Å²) in [6.45, 7) is 2.07. The molecule has 0 spiro atoms. The third kappa shape index (κ3) is 4.26. The van der Waals surface area contributed by atoms with E-state index in [4.69, 9.17) is 16.3 Å². The predicted molar refractivity (Wildman–Crippen MR) is 60.7 cm³/mol. The van der Waals surface area contributed by atoms with Crippen molar-refractivity contribution >= 4 is 21.6 Å². The summed E-state index contributed by atoms with van der Waals surface area (Å²) in [4.78, 5) is 0. The molecule has 1 aliphatic heterocycles. The van der Waals surface area contributed by atoms with E-state index in [2.05, 4.69) is 0 Å². The van der Waals surface area contributed by atoms with Crippen LogP contribution in [0.4, 0.5) is 0 Å². The third-order valence-electron chi connectivity index (χ3n) is 2.67. The van der Waals surface area contributed by atoms with Gasteiger partial charge in [0.15, 0.2) is 0 Å².